The Morgan fingerprint density at radius 2 is 1.71 bits per heavy atom. The molecule has 0 saturated heterocycles. The van der Waals surface area contributed by atoms with Crippen molar-refractivity contribution in [2.75, 3.05) is 6.54 Å². The van der Waals surface area contributed by atoms with Crippen molar-refractivity contribution in [3.05, 3.63) is 35.4 Å². The first kappa shape index (κ1) is 20.0. The molecule has 0 bridgehead atoms. The summed E-state index contributed by atoms with van der Waals surface area (Å²) in [5.74, 6) is -2.60. The number of carbonyl (C=O) groups excluding carboxylic acids is 1. The molecule has 0 fully saturated rings. The molecule has 1 aliphatic heterocycles. The minimum Gasteiger partial charge on any atom is -0.475 e. The highest BCUT2D eigenvalue weighted by molar-refractivity contribution is 5.77. The Morgan fingerprint density at radius 1 is 1.21 bits per heavy atom. The number of nitrogens with two attached hydrogens (primary N) is 1. The van der Waals surface area contributed by atoms with Crippen LogP contribution in [-0.2, 0) is 22.6 Å². The fourth-order valence-electron chi connectivity index (χ4n) is 2.21. The van der Waals surface area contributed by atoms with E-state index in [1.54, 1.807) is 0 Å². The van der Waals surface area contributed by atoms with Crippen LogP contribution in [0.1, 0.15) is 31.4 Å². The van der Waals surface area contributed by atoms with Gasteiger partial charge in [0.1, 0.15) is 0 Å². The van der Waals surface area contributed by atoms with E-state index >= 15 is 0 Å². The van der Waals surface area contributed by atoms with Crippen LogP contribution in [0.2, 0.25) is 0 Å². The molecule has 134 valence electrons. The van der Waals surface area contributed by atoms with Gasteiger partial charge in [0.15, 0.2) is 0 Å². The SMILES string of the molecule is CC(C)(N)CC(=O)N1CCc2ccccc2C1.O=C(O)C(F)(F)F. The van der Waals surface area contributed by atoms with E-state index in [1.165, 1.54) is 11.1 Å². The fourth-order valence-corrected chi connectivity index (χ4v) is 2.21. The van der Waals surface area contributed by atoms with Gasteiger partial charge in [-0.25, -0.2) is 4.79 Å². The van der Waals surface area contributed by atoms with Crippen LogP contribution >= 0.6 is 0 Å². The largest absolute Gasteiger partial charge is 0.490 e. The third kappa shape index (κ3) is 6.57. The Balaban J connectivity index is 0.000000351. The maximum absolute atomic E-state index is 12.1. The Bertz CT molecular complexity index is 595. The molecule has 0 atom stereocenters. The molecule has 1 heterocycles. The van der Waals surface area contributed by atoms with E-state index in [9.17, 15) is 18.0 Å². The number of alkyl halides is 3. The van der Waals surface area contributed by atoms with Crippen molar-refractivity contribution in [2.24, 2.45) is 5.73 Å². The summed E-state index contributed by atoms with van der Waals surface area (Å²) in [4.78, 5) is 22.9. The number of carboxylic acid groups (broad SMARTS) is 1. The molecule has 0 saturated carbocycles. The molecular weight excluding hydrogens is 325 g/mol. The summed E-state index contributed by atoms with van der Waals surface area (Å²) >= 11 is 0. The van der Waals surface area contributed by atoms with Crippen molar-refractivity contribution in [3.63, 3.8) is 0 Å². The van der Waals surface area contributed by atoms with Gasteiger partial charge in [-0.2, -0.15) is 13.2 Å². The van der Waals surface area contributed by atoms with Crippen LogP contribution in [-0.4, -0.2) is 40.1 Å². The highest BCUT2D eigenvalue weighted by atomic mass is 19.4. The first-order valence-electron chi connectivity index (χ1n) is 7.34. The molecule has 3 N–H and O–H groups in total. The lowest BCUT2D eigenvalue weighted by Crippen LogP contribution is -2.43. The number of rotatable bonds is 2. The van der Waals surface area contributed by atoms with Crippen LogP contribution in [0.15, 0.2) is 24.3 Å². The van der Waals surface area contributed by atoms with E-state index < -0.39 is 17.7 Å². The van der Waals surface area contributed by atoms with Crippen molar-refractivity contribution in [2.45, 2.75) is 44.9 Å². The zero-order valence-electron chi connectivity index (χ0n) is 13.6. The summed E-state index contributed by atoms with van der Waals surface area (Å²) in [5, 5.41) is 7.12. The molecule has 24 heavy (non-hydrogen) atoms. The van der Waals surface area contributed by atoms with E-state index in [1.807, 2.05) is 24.8 Å². The van der Waals surface area contributed by atoms with Gasteiger partial charge in [-0.05, 0) is 31.4 Å². The van der Waals surface area contributed by atoms with Crippen LogP contribution in [0.5, 0.6) is 0 Å². The highest BCUT2D eigenvalue weighted by Crippen LogP contribution is 2.20. The summed E-state index contributed by atoms with van der Waals surface area (Å²) in [7, 11) is 0. The number of benzene rings is 1. The zero-order chi connectivity index (χ0) is 18.5. The van der Waals surface area contributed by atoms with Crippen LogP contribution in [0.4, 0.5) is 13.2 Å². The Hall–Kier alpha value is -2.09. The number of hydrogen-bond acceptors (Lipinski definition) is 3. The lowest BCUT2D eigenvalue weighted by molar-refractivity contribution is -0.192. The highest BCUT2D eigenvalue weighted by Gasteiger charge is 2.38. The molecule has 1 aromatic rings. The number of fused-ring (bicyclic) bond motifs is 1. The van der Waals surface area contributed by atoms with E-state index in [-0.39, 0.29) is 5.91 Å². The van der Waals surface area contributed by atoms with Crippen molar-refractivity contribution < 1.29 is 27.9 Å². The first-order chi connectivity index (χ1) is 10.9. The smallest absolute Gasteiger partial charge is 0.475 e. The first-order valence-corrected chi connectivity index (χ1v) is 7.34. The average Bonchev–Trinajstić information content (AvgIpc) is 2.44. The lowest BCUT2D eigenvalue weighted by atomic mass is 9.97. The van der Waals surface area contributed by atoms with Gasteiger partial charge >= 0.3 is 12.1 Å². The second-order valence-corrected chi connectivity index (χ2v) is 6.30. The van der Waals surface area contributed by atoms with Gasteiger partial charge < -0.3 is 15.7 Å². The predicted molar refractivity (Wildman–Crippen MR) is 82.1 cm³/mol. The number of carboxylic acids is 1. The molecule has 1 aliphatic rings. The molecule has 2 rings (SSSR count). The Labute approximate surface area is 138 Å². The van der Waals surface area contributed by atoms with E-state index in [0.717, 1.165) is 19.5 Å². The fraction of sp³-hybridized carbons (Fsp3) is 0.500. The summed E-state index contributed by atoms with van der Waals surface area (Å²) in [5.41, 5.74) is 8.10. The van der Waals surface area contributed by atoms with E-state index in [2.05, 4.69) is 18.2 Å². The van der Waals surface area contributed by atoms with Crippen LogP contribution in [0.3, 0.4) is 0 Å². The standard InChI is InChI=1S/C14H20N2O.C2HF3O2/c1-14(2,15)9-13(17)16-8-7-11-5-3-4-6-12(11)10-16;3-2(4,5)1(6)7/h3-6H,7-10,15H2,1-2H3;(H,6,7). The van der Waals surface area contributed by atoms with Gasteiger partial charge in [0.05, 0.1) is 0 Å². The molecule has 8 heteroatoms. The van der Waals surface area contributed by atoms with Gasteiger partial charge in [0.2, 0.25) is 5.91 Å². The van der Waals surface area contributed by atoms with Crippen LogP contribution in [0.25, 0.3) is 0 Å². The quantitative estimate of drug-likeness (QED) is 0.861. The second kappa shape index (κ2) is 7.65. The maximum atomic E-state index is 12.1. The van der Waals surface area contributed by atoms with E-state index in [0.29, 0.717) is 6.42 Å². The van der Waals surface area contributed by atoms with Gasteiger partial charge in [-0.1, -0.05) is 24.3 Å². The summed E-state index contributed by atoms with van der Waals surface area (Å²) in [6.07, 6.45) is -3.72. The molecule has 0 spiro atoms. The van der Waals surface area contributed by atoms with Crippen molar-refractivity contribution in [3.8, 4) is 0 Å². The maximum Gasteiger partial charge on any atom is 0.490 e. The summed E-state index contributed by atoms with van der Waals surface area (Å²) < 4.78 is 31.7. The Kier molecular flexibility index (Phi) is 6.36. The molecule has 5 nitrogen and oxygen atoms in total. The molecule has 1 amide bonds. The third-order valence-electron chi connectivity index (χ3n) is 3.33. The topological polar surface area (TPSA) is 83.6 Å². The number of carbonyl (C=O) groups is 2. The lowest BCUT2D eigenvalue weighted by Gasteiger charge is -2.31. The third-order valence-corrected chi connectivity index (χ3v) is 3.33. The molecule has 1 aromatic carbocycles. The molecular formula is C16H21F3N2O3. The molecule has 0 aliphatic carbocycles. The molecule has 0 radical (unpaired) electrons. The van der Waals surface area contributed by atoms with Crippen molar-refractivity contribution >= 4 is 11.9 Å². The summed E-state index contributed by atoms with van der Waals surface area (Å²) in [6.45, 7) is 5.32. The van der Waals surface area contributed by atoms with Gasteiger partial charge in [-0.3, -0.25) is 4.79 Å². The van der Waals surface area contributed by atoms with Gasteiger partial charge in [0.25, 0.3) is 0 Å². The monoisotopic (exact) mass is 346 g/mol. The number of amides is 1. The Morgan fingerprint density at radius 3 is 2.17 bits per heavy atom. The van der Waals surface area contributed by atoms with Crippen LogP contribution in [0, 0.1) is 0 Å². The van der Waals surface area contributed by atoms with Gasteiger partial charge in [-0.15, -0.1) is 0 Å². The number of halogens is 3. The minimum absolute atomic E-state index is 0.159. The zero-order valence-corrected chi connectivity index (χ0v) is 13.6. The summed E-state index contributed by atoms with van der Waals surface area (Å²) in [6, 6.07) is 8.32. The van der Waals surface area contributed by atoms with Gasteiger partial charge in [0, 0.05) is 25.0 Å². The minimum atomic E-state index is -5.08. The molecule has 0 aromatic heterocycles. The van der Waals surface area contributed by atoms with Crippen LogP contribution < -0.4 is 5.73 Å². The normalized spacial score (nSPS) is 14.3. The van der Waals surface area contributed by atoms with Crippen molar-refractivity contribution in [1.82, 2.24) is 4.90 Å². The number of hydrogen-bond donors (Lipinski definition) is 2. The number of nitrogens with zero attached hydrogens (tertiary/aromatic N) is 1. The van der Waals surface area contributed by atoms with E-state index in [4.69, 9.17) is 15.6 Å². The predicted octanol–water partition coefficient (Wildman–Crippen LogP) is 2.33. The average molecular weight is 346 g/mol. The van der Waals surface area contributed by atoms with Crippen molar-refractivity contribution in [1.29, 1.82) is 0 Å². The second-order valence-electron chi connectivity index (χ2n) is 6.30. The number of aliphatic carboxylic acids is 1. The molecule has 0 unspecified atom stereocenters.